The summed E-state index contributed by atoms with van der Waals surface area (Å²) in [6.45, 7) is 25.5. The summed E-state index contributed by atoms with van der Waals surface area (Å²) < 4.78 is 2.45. The molecule has 9 rings (SSSR count). The van der Waals surface area contributed by atoms with Crippen LogP contribution in [0.3, 0.4) is 0 Å². The van der Waals surface area contributed by atoms with E-state index in [1.165, 1.54) is 94.6 Å². The minimum atomic E-state index is -0.0238. The number of hydrogen-bond donors (Lipinski definition) is 0. The fraction of sp³-hybridized carbons (Fsp3) is 0.298. The molecule has 0 N–H and O–H groups in total. The molecule has 2 aliphatic carbocycles. The van der Waals surface area contributed by atoms with Gasteiger partial charge in [-0.05, 0) is 140 Å². The Labute approximate surface area is 352 Å². The summed E-state index contributed by atoms with van der Waals surface area (Å²) in [5.41, 5.74) is 19.8. The molecule has 0 fully saturated rings. The van der Waals surface area contributed by atoms with E-state index in [1.807, 2.05) is 0 Å². The Kier molecular flexibility index (Phi) is 9.05. The molecule has 7 aromatic rings. The van der Waals surface area contributed by atoms with E-state index in [1.54, 1.807) is 0 Å². The average molecular weight is 773 g/mol. The minimum absolute atomic E-state index is 0.0238. The third-order valence-corrected chi connectivity index (χ3v) is 13.3. The highest BCUT2D eigenvalue weighted by molar-refractivity contribution is 6.10. The number of rotatable bonds is 5. The highest BCUT2D eigenvalue weighted by atomic mass is 15.1. The van der Waals surface area contributed by atoms with Gasteiger partial charge >= 0.3 is 0 Å². The summed E-state index contributed by atoms with van der Waals surface area (Å²) in [6, 6.07) is 48.7. The second-order valence-corrected chi connectivity index (χ2v) is 20.7. The van der Waals surface area contributed by atoms with E-state index < -0.39 is 0 Å². The van der Waals surface area contributed by atoms with Crippen LogP contribution in [-0.4, -0.2) is 4.57 Å². The van der Waals surface area contributed by atoms with Gasteiger partial charge in [-0.2, -0.15) is 0 Å². The van der Waals surface area contributed by atoms with Crippen LogP contribution in [0.1, 0.15) is 111 Å². The standard InChI is InChI=1S/C57H60N2/c1-54(2,3)39-19-26-43(27-20-39)58(45-30-31-51-47(36-45)46-14-12-13-15-50(46)57(51,10)11)42-24-16-37(17-25-42)38-18-32-52-48(34-38)49-35-41(56(7,8)9)23-33-53(49)59(52)44-28-21-40(22-29-44)55(4,5)6/h12-19,21-26,28-36H,20,27H2,1-11H3. The molecule has 1 aromatic heterocycles. The van der Waals surface area contributed by atoms with Gasteiger partial charge < -0.3 is 9.47 Å². The van der Waals surface area contributed by atoms with E-state index in [4.69, 9.17) is 0 Å². The van der Waals surface area contributed by atoms with Gasteiger partial charge in [0.15, 0.2) is 0 Å². The molecule has 2 nitrogen and oxygen atoms in total. The van der Waals surface area contributed by atoms with Gasteiger partial charge in [0, 0.05) is 38.9 Å². The van der Waals surface area contributed by atoms with Crippen molar-refractivity contribution >= 4 is 33.2 Å². The number of fused-ring (bicyclic) bond motifs is 6. The topological polar surface area (TPSA) is 8.17 Å². The molecular formula is C57H60N2. The fourth-order valence-corrected chi connectivity index (χ4v) is 9.63. The fourth-order valence-electron chi connectivity index (χ4n) is 9.63. The molecule has 1 heterocycles. The summed E-state index contributed by atoms with van der Waals surface area (Å²) >= 11 is 0. The maximum Gasteiger partial charge on any atom is 0.0541 e. The largest absolute Gasteiger partial charge is 0.314 e. The van der Waals surface area contributed by atoms with Gasteiger partial charge in [-0.25, -0.2) is 0 Å². The van der Waals surface area contributed by atoms with Crippen LogP contribution in [0.15, 0.2) is 151 Å². The Balaban J connectivity index is 1.15. The van der Waals surface area contributed by atoms with E-state index in [0.717, 1.165) is 12.8 Å². The van der Waals surface area contributed by atoms with Crippen molar-refractivity contribution in [3.05, 3.63) is 173 Å². The zero-order valence-electron chi connectivity index (χ0n) is 37.1. The van der Waals surface area contributed by atoms with Gasteiger partial charge in [0.05, 0.1) is 11.0 Å². The van der Waals surface area contributed by atoms with Crippen LogP contribution < -0.4 is 4.90 Å². The molecule has 0 saturated carbocycles. The number of hydrogen-bond acceptors (Lipinski definition) is 1. The van der Waals surface area contributed by atoms with Crippen molar-refractivity contribution in [1.29, 1.82) is 0 Å². The van der Waals surface area contributed by atoms with Crippen LogP contribution in [0.2, 0.25) is 0 Å². The molecule has 6 aromatic carbocycles. The molecule has 0 amide bonds. The monoisotopic (exact) mass is 772 g/mol. The second-order valence-electron chi connectivity index (χ2n) is 20.7. The Hall–Kier alpha value is -5.60. The molecule has 0 saturated heterocycles. The summed E-state index contributed by atoms with van der Waals surface area (Å²) in [6.07, 6.45) is 6.81. The van der Waals surface area contributed by atoms with E-state index in [0.29, 0.717) is 0 Å². The third kappa shape index (κ3) is 6.75. The first kappa shape index (κ1) is 38.9. The van der Waals surface area contributed by atoms with E-state index in [2.05, 4.69) is 225 Å². The minimum Gasteiger partial charge on any atom is -0.314 e. The third-order valence-electron chi connectivity index (χ3n) is 13.3. The van der Waals surface area contributed by atoms with Gasteiger partial charge in [-0.3, -0.25) is 0 Å². The predicted octanol–water partition coefficient (Wildman–Crippen LogP) is 16.1. The molecular weight excluding hydrogens is 713 g/mol. The normalized spacial score (nSPS) is 15.2. The molecule has 298 valence electrons. The molecule has 0 bridgehead atoms. The van der Waals surface area contributed by atoms with Gasteiger partial charge in [-0.1, -0.05) is 155 Å². The SMILES string of the molecule is CC(C)(C)C1=CC=C(N(c2ccc(-c3ccc4c(c3)c3cc(C(C)(C)C)ccc3n4-c3ccc(C(C)(C)C)cc3)cc2)c2ccc3c(c2)-c2ccccc2C3(C)C)CC1. The maximum atomic E-state index is 2.50. The highest BCUT2D eigenvalue weighted by Gasteiger charge is 2.36. The maximum absolute atomic E-state index is 2.50. The lowest BCUT2D eigenvalue weighted by Gasteiger charge is -2.33. The van der Waals surface area contributed by atoms with Crippen molar-refractivity contribution in [2.45, 2.75) is 105 Å². The smallest absolute Gasteiger partial charge is 0.0541 e. The lowest BCUT2D eigenvalue weighted by atomic mass is 9.81. The summed E-state index contributed by atoms with van der Waals surface area (Å²) in [7, 11) is 0. The highest BCUT2D eigenvalue weighted by Crippen LogP contribution is 2.51. The number of anilines is 2. The Morgan fingerprint density at radius 2 is 1.08 bits per heavy atom. The molecule has 0 spiro atoms. The number of allylic oxidation sites excluding steroid dienone is 4. The zero-order valence-corrected chi connectivity index (χ0v) is 37.1. The first-order valence-electron chi connectivity index (χ1n) is 21.6. The Morgan fingerprint density at radius 3 is 1.73 bits per heavy atom. The lowest BCUT2D eigenvalue weighted by molar-refractivity contribution is 0.479. The molecule has 59 heavy (non-hydrogen) atoms. The van der Waals surface area contributed by atoms with Gasteiger partial charge in [0.1, 0.15) is 0 Å². The Bertz CT molecular complexity index is 2820. The van der Waals surface area contributed by atoms with Crippen LogP contribution in [-0.2, 0) is 16.2 Å². The molecule has 0 atom stereocenters. The van der Waals surface area contributed by atoms with Gasteiger partial charge in [-0.15, -0.1) is 0 Å². The second kappa shape index (κ2) is 13.7. The number of benzene rings is 6. The first-order chi connectivity index (χ1) is 27.9. The summed E-state index contributed by atoms with van der Waals surface area (Å²) in [5.74, 6) is 0. The molecule has 2 aliphatic rings. The van der Waals surface area contributed by atoms with Crippen LogP contribution in [0.5, 0.6) is 0 Å². The first-order valence-corrected chi connectivity index (χ1v) is 21.6. The van der Waals surface area contributed by atoms with E-state index in [9.17, 15) is 0 Å². The number of aromatic nitrogens is 1. The molecule has 0 unspecified atom stereocenters. The van der Waals surface area contributed by atoms with Crippen molar-refractivity contribution in [1.82, 2.24) is 4.57 Å². The van der Waals surface area contributed by atoms with Crippen LogP contribution in [0.4, 0.5) is 11.4 Å². The average Bonchev–Trinajstić information content (AvgIpc) is 3.65. The van der Waals surface area contributed by atoms with Crippen molar-refractivity contribution in [2.75, 3.05) is 4.90 Å². The van der Waals surface area contributed by atoms with Gasteiger partial charge in [0.25, 0.3) is 0 Å². The molecule has 0 aliphatic heterocycles. The van der Waals surface area contributed by atoms with Crippen molar-refractivity contribution in [3.8, 4) is 27.9 Å². The van der Waals surface area contributed by atoms with E-state index >= 15 is 0 Å². The number of nitrogens with zero attached hydrogens (tertiary/aromatic N) is 2. The predicted molar refractivity (Wildman–Crippen MR) is 255 cm³/mol. The van der Waals surface area contributed by atoms with Crippen LogP contribution in [0.25, 0.3) is 49.7 Å². The zero-order chi connectivity index (χ0) is 41.6. The van der Waals surface area contributed by atoms with Crippen molar-refractivity contribution in [2.24, 2.45) is 5.41 Å². The summed E-state index contributed by atoms with van der Waals surface area (Å²) in [5, 5.41) is 2.58. The quantitative estimate of drug-likeness (QED) is 0.169. The van der Waals surface area contributed by atoms with Crippen LogP contribution in [0, 0.1) is 5.41 Å². The molecule has 0 radical (unpaired) electrons. The van der Waals surface area contributed by atoms with Crippen molar-refractivity contribution in [3.63, 3.8) is 0 Å². The van der Waals surface area contributed by atoms with Gasteiger partial charge in [0.2, 0.25) is 0 Å². The molecule has 2 heteroatoms. The van der Waals surface area contributed by atoms with Crippen LogP contribution >= 0.6 is 0 Å². The lowest BCUT2D eigenvalue weighted by Crippen LogP contribution is -2.20. The van der Waals surface area contributed by atoms with E-state index in [-0.39, 0.29) is 21.7 Å². The summed E-state index contributed by atoms with van der Waals surface area (Å²) in [4.78, 5) is 2.50. The Morgan fingerprint density at radius 1 is 0.492 bits per heavy atom. The van der Waals surface area contributed by atoms with Crippen molar-refractivity contribution < 1.29 is 0 Å².